The van der Waals surface area contributed by atoms with Crippen molar-refractivity contribution < 1.29 is 19.2 Å². The van der Waals surface area contributed by atoms with Gasteiger partial charge in [0.2, 0.25) is 0 Å². The summed E-state index contributed by atoms with van der Waals surface area (Å²) in [7, 11) is 0. The molecule has 0 aromatic heterocycles. The molecule has 1 fully saturated rings. The summed E-state index contributed by atoms with van der Waals surface area (Å²) >= 11 is 0. The molecule has 0 aliphatic carbocycles. The molecule has 8 nitrogen and oxygen atoms in total. The molecule has 1 aromatic carbocycles. The molecule has 29 heavy (non-hydrogen) atoms. The van der Waals surface area contributed by atoms with E-state index in [1.807, 2.05) is 18.7 Å². The largest absolute Gasteiger partial charge is 0.452 e. The molecular formula is C21H31N3O5. The number of anilines is 1. The Hall–Kier alpha value is -2.64. The summed E-state index contributed by atoms with van der Waals surface area (Å²) in [6.07, 6.45) is 2.75. The van der Waals surface area contributed by atoms with Gasteiger partial charge < -0.3 is 15.0 Å². The molecule has 1 aliphatic heterocycles. The van der Waals surface area contributed by atoms with Crippen LogP contribution in [0, 0.1) is 15.5 Å². The van der Waals surface area contributed by atoms with E-state index in [1.165, 1.54) is 12.1 Å². The van der Waals surface area contributed by atoms with Crippen LogP contribution in [0.15, 0.2) is 18.2 Å². The molecule has 0 saturated carbocycles. The topological polar surface area (TPSA) is 102 Å². The number of rotatable bonds is 7. The molecule has 1 N–H and O–H groups in total. The number of ether oxygens (including phenoxy) is 1. The van der Waals surface area contributed by atoms with E-state index < -0.39 is 28.9 Å². The number of carbonyl (C=O) groups is 2. The Morgan fingerprint density at radius 1 is 1.17 bits per heavy atom. The van der Waals surface area contributed by atoms with E-state index in [2.05, 4.69) is 26.1 Å². The molecule has 2 rings (SSSR count). The third-order valence-corrected chi connectivity index (χ3v) is 4.64. The third-order valence-electron chi connectivity index (χ3n) is 4.64. The first-order chi connectivity index (χ1) is 13.4. The maximum Gasteiger partial charge on any atom is 0.341 e. The monoisotopic (exact) mass is 405 g/mol. The molecule has 1 heterocycles. The fourth-order valence-corrected chi connectivity index (χ4v) is 4.03. The van der Waals surface area contributed by atoms with Gasteiger partial charge in [-0.2, -0.15) is 0 Å². The van der Waals surface area contributed by atoms with Gasteiger partial charge in [-0.3, -0.25) is 14.9 Å². The Kier molecular flexibility index (Phi) is 6.87. The predicted molar refractivity (Wildman–Crippen MR) is 111 cm³/mol. The maximum absolute atomic E-state index is 12.6. The van der Waals surface area contributed by atoms with Gasteiger partial charge in [0.25, 0.3) is 11.6 Å². The number of esters is 1. The van der Waals surface area contributed by atoms with Crippen molar-refractivity contribution in [3.63, 3.8) is 0 Å². The molecule has 8 heteroatoms. The van der Waals surface area contributed by atoms with Crippen LogP contribution in [0.5, 0.6) is 0 Å². The second kappa shape index (κ2) is 8.80. The zero-order chi connectivity index (χ0) is 21.8. The lowest BCUT2D eigenvalue weighted by molar-refractivity contribution is -0.384. The number of nitrogens with one attached hydrogen (secondary N) is 1. The summed E-state index contributed by atoms with van der Waals surface area (Å²) in [4.78, 5) is 37.5. The summed E-state index contributed by atoms with van der Waals surface area (Å²) in [5.74, 6) is -1.14. The maximum atomic E-state index is 12.6. The zero-order valence-electron chi connectivity index (χ0n) is 17.9. The number of nitro groups is 1. The van der Waals surface area contributed by atoms with Crippen molar-refractivity contribution in [1.82, 2.24) is 5.32 Å². The van der Waals surface area contributed by atoms with Crippen molar-refractivity contribution >= 4 is 23.3 Å². The molecule has 1 aromatic rings. The van der Waals surface area contributed by atoms with Gasteiger partial charge in [-0.05, 0) is 44.6 Å². The predicted octanol–water partition coefficient (Wildman–Crippen LogP) is 3.68. The van der Waals surface area contributed by atoms with Gasteiger partial charge in [-0.15, -0.1) is 0 Å². The zero-order valence-corrected chi connectivity index (χ0v) is 17.9. The smallest absolute Gasteiger partial charge is 0.341 e. The van der Waals surface area contributed by atoms with Gasteiger partial charge in [0.15, 0.2) is 6.61 Å². The number of hydrogen-bond donors (Lipinski definition) is 1. The minimum Gasteiger partial charge on any atom is -0.452 e. The molecular weight excluding hydrogens is 374 g/mol. The van der Waals surface area contributed by atoms with E-state index in [4.69, 9.17) is 4.74 Å². The highest BCUT2D eigenvalue weighted by Gasteiger charge is 2.28. The summed E-state index contributed by atoms with van der Waals surface area (Å²) in [6.45, 7) is 11.2. The van der Waals surface area contributed by atoms with Crippen LogP contribution in [0.2, 0.25) is 0 Å². The Balaban J connectivity index is 2.08. The fraction of sp³-hybridized carbons (Fsp3) is 0.619. The quantitative estimate of drug-likeness (QED) is 0.422. The molecule has 1 saturated heterocycles. The Bertz CT molecular complexity index is 777. The lowest BCUT2D eigenvalue weighted by Crippen LogP contribution is -2.47. The van der Waals surface area contributed by atoms with Crippen LogP contribution in [-0.2, 0) is 9.53 Å². The first kappa shape index (κ1) is 22.6. The van der Waals surface area contributed by atoms with Crippen molar-refractivity contribution in [2.24, 2.45) is 5.41 Å². The van der Waals surface area contributed by atoms with Gasteiger partial charge in [0.1, 0.15) is 0 Å². The molecule has 1 aliphatic rings. The number of carbonyl (C=O) groups excluding carboxylic acids is 2. The first-order valence-electron chi connectivity index (χ1n) is 9.89. The summed E-state index contributed by atoms with van der Waals surface area (Å²) in [5.41, 5.74) is 0.111. The average Bonchev–Trinajstić information content (AvgIpc) is 3.10. The van der Waals surface area contributed by atoms with Gasteiger partial charge in [0, 0.05) is 30.8 Å². The summed E-state index contributed by atoms with van der Waals surface area (Å²) < 4.78 is 5.20. The van der Waals surface area contributed by atoms with E-state index in [0.29, 0.717) is 5.69 Å². The first-order valence-corrected chi connectivity index (χ1v) is 9.89. The van der Waals surface area contributed by atoms with E-state index in [0.717, 1.165) is 32.4 Å². The second-order valence-corrected chi connectivity index (χ2v) is 9.40. The van der Waals surface area contributed by atoms with Crippen LogP contribution >= 0.6 is 0 Å². The fourth-order valence-electron chi connectivity index (χ4n) is 4.03. The lowest BCUT2D eigenvalue weighted by atomic mass is 9.82. The third kappa shape index (κ3) is 6.73. The van der Waals surface area contributed by atoms with Gasteiger partial charge in [0.05, 0.1) is 16.2 Å². The molecule has 1 amide bonds. The number of benzene rings is 1. The lowest BCUT2D eigenvalue weighted by Gasteiger charge is -2.33. The van der Waals surface area contributed by atoms with Crippen LogP contribution in [-0.4, -0.2) is 42.0 Å². The van der Waals surface area contributed by atoms with Gasteiger partial charge in [-0.1, -0.05) is 20.8 Å². The molecule has 0 atom stereocenters. The molecule has 160 valence electrons. The number of nitrogens with zero attached hydrogens (tertiary/aromatic N) is 2. The highest BCUT2D eigenvalue weighted by molar-refractivity contribution is 5.97. The average molecular weight is 405 g/mol. The van der Waals surface area contributed by atoms with Gasteiger partial charge in [-0.25, -0.2) is 4.79 Å². The Morgan fingerprint density at radius 2 is 1.79 bits per heavy atom. The SMILES string of the molecule is CC(C)(C)CC(C)(C)NC(=O)COC(=O)c1cc([N+](=O)[O-])ccc1N1CCCC1. The Morgan fingerprint density at radius 3 is 2.34 bits per heavy atom. The van der Waals surface area contributed by atoms with Crippen LogP contribution in [0.1, 0.15) is 64.2 Å². The summed E-state index contributed by atoms with van der Waals surface area (Å²) in [6, 6.07) is 4.18. The van der Waals surface area contributed by atoms with Crippen molar-refractivity contribution in [3.05, 3.63) is 33.9 Å². The number of non-ortho nitro benzene ring substituents is 1. The highest BCUT2D eigenvalue weighted by Crippen LogP contribution is 2.29. The molecule has 0 radical (unpaired) electrons. The van der Waals surface area contributed by atoms with E-state index in [9.17, 15) is 19.7 Å². The van der Waals surface area contributed by atoms with Crippen LogP contribution in [0.3, 0.4) is 0 Å². The Labute approximate surface area is 171 Å². The van der Waals surface area contributed by atoms with E-state index in [-0.39, 0.29) is 16.7 Å². The number of hydrogen-bond acceptors (Lipinski definition) is 6. The van der Waals surface area contributed by atoms with Gasteiger partial charge >= 0.3 is 5.97 Å². The second-order valence-electron chi connectivity index (χ2n) is 9.40. The van der Waals surface area contributed by atoms with E-state index >= 15 is 0 Å². The number of amides is 1. The minimum atomic E-state index is -0.737. The normalized spacial score (nSPS) is 14.6. The van der Waals surface area contributed by atoms with Crippen molar-refractivity contribution in [1.29, 1.82) is 0 Å². The summed E-state index contributed by atoms with van der Waals surface area (Å²) in [5, 5.41) is 14.0. The minimum absolute atomic E-state index is 0.0288. The molecule has 0 spiro atoms. The van der Waals surface area contributed by atoms with Crippen LogP contribution in [0.25, 0.3) is 0 Å². The van der Waals surface area contributed by atoms with Crippen LogP contribution in [0.4, 0.5) is 11.4 Å². The molecule has 0 bridgehead atoms. The van der Waals surface area contributed by atoms with Crippen molar-refractivity contribution in [3.8, 4) is 0 Å². The van der Waals surface area contributed by atoms with Crippen molar-refractivity contribution in [2.75, 3.05) is 24.6 Å². The molecule has 0 unspecified atom stereocenters. The van der Waals surface area contributed by atoms with Crippen molar-refractivity contribution in [2.45, 2.75) is 59.4 Å². The number of nitro benzene ring substituents is 1. The van der Waals surface area contributed by atoms with Crippen LogP contribution < -0.4 is 10.2 Å². The standard InChI is InChI=1S/C21H31N3O5/c1-20(2,3)14-21(4,5)22-18(25)13-29-19(26)16-12-15(24(27)28)8-9-17(16)23-10-6-7-11-23/h8-9,12H,6-7,10-11,13-14H2,1-5H3,(H,22,25). The van der Waals surface area contributed by atoms with E-state index in [1.54, 1.807) is 6.07 Å². The highest BCUT2D eigenvalue weighted by atomic mass is 16.6.